The number of likely N-dealkylation sites (N-methyl/N-ethyl adjacent to an activating group) is 1. The molecule has 0 aromatic rings. The molecule has 0 aliphatic heterocycles. The molecule has 1 aliphatic rings. The van der Waals surface area contributed by atoms with Gasteiger partial charge in [-0.2, -0.15) is 0 Å². The lowest BCUT2D eigenvalue weighted by Gasteiger charge is -2.42. The quantitative estimate of drug-likeness (QED) is 0.479. The third-order valence-corrected chi connectivity index (χ3v) is 4.93. The van der Waals surface area contributed by atoms with Crippen molar-refractivity contribution in [1.82, 2.24) is 15.5 Å². The Hall–Kier alpha value is -0.810. The molecular formula is C17H36N4O. The van der Waals surface area contributed by atoms with E-state index in [0.29, 0.717) is 11.5 Å². The minimum Gasteiger partial charge on any atom is -0.385 e. The largest absolute Gasteiger partial charge is 0.385 e. The molecule has 0 saturated heterocycles. The van der Waals surface area contributed by atoms with E-state index in [0.717, 1.165) is 45.2 Å². The fourth-order valence-corrected chi connectivity index (χ4v) is 3.10. The molecule has 0 radical (unpaired) electrons. The summed E-state index contributed by atoms with van der Waals surface area (Å²) >= 11 is 0. The van der Waals surface area contributed by atoms with Gasteiger partial charge in [-0.3, -0.25) is 9.89 Å². The van der Waals surface area contributed by atoms with Crippen molar-refractivity contribution in [1.29, 1.82) is 0 Å². The number of methoxy groups -OCH3 is 1. The molecular weight excluding hydrogens is 276 g/mol. The van der Waals surface area contributed by atoms with Gasteiger partial charge in [-0.1, -0.05) is 13.3 Å². The van der Waals surface area contributed by atoms with E-state index in [1.54, 1.807) is 7.11 Å². The minimum absolute atomic E-state index is 0.418. The maximum absolute atomic E-state index is 5.25. The van der Waals surface area contributed by atoms with Gasteiger partial charge in [0.05, 0.1) is 0 Å². The Morgan fingerprint density at radius 3 is 2.50 bits per heavy atom. The summed E-state index contributed by atoms with van der Waals surface area (Å²) in [5.41, 5.74) is 0.418. The van der Waals surface area contributed by atoms with Crippen molar-refractivity contribution in [3.05, 3.63) is 0 Å². The predicted octanol–water partition coefficient (Wildman–Crippen LogP) is 2.09. The van der Waals surface area contributed by atoms with Crippen LogP contribution in [0.2, 0.25) is 0 Å². The van der Waals surface area contributed by atoms with Gasteiger partial charge in [0.1, 0.15) is 0 Å². The SMILES string of the molecule is CCN(CCNC(=NC)NCC1(CCOC)CCC1)C(C)C. The van der Waals surface area contributed by atoms with E-state index in [-0.39, 0.29) is 0 Å². The van der Waals surface area contributed by atoms with Gasteiger partial charge in [-0.25, -0.2) is 0 Å². The molecule has 0 spiro atoms. The molecule has 2 N–H and O–H groups in total. The molecule has 0 bridgehead atoms. The highest BCUT2D eigenvalue weighted by atomic mass is 16.5. The maximum Gasteiger partial charge on any atom is 0.191 e. The number of hydrogen-bond acceptors (Lipinski definition) is 3. The number of guanidine groups is 1. The third kappa shape index (κ3) is 6.13. The van der Waals surface area contributed by atoms with E-state index in [2.05, 4.69) is 41.3 Å². The van der Waals surface area contributed by atoms with Gasteiger partial charge in [0.15, 0.2) is 5.96 Å². The second kappa shape index (κ2) is 10.1. The fourth-order valence-electron chi connectivity index (χ4n) is 3.10. The zero-order valence-electron chi connectivity index (χ0n) is 15.2. The highest BCUT2D eigenvalue weighted by Crippen LogP contribution is 2.43. The average Bonchev–Trinajstić information content (AvgIpc) is 2.47. The number of nitrogens with one attached hydrogen (secondary N) is 2. The Morgan fingerprint density at radius 1 is 1.32 bits per heavy atom. The summed E-state index contributed by atoms with van der Waals surface area (Å²) in [6.45, 7) is 11.6. The number of nitrogens with zero attached hydrogens (tertiary/aromatic N) is 2. The topological polar surface area (TPSA) is 48.9 Å². The lowest BCUT2D eigenvalue weighted by molar-refractivity contribution is 0.0732. The van der Waals surface area contributed by atoms with E-state index >= 15 is 0 Å². The Morgan fingerprint density at radius 2 is 2.05 bits per heavy atom. The predicted molar refractivity (Wildman–Crippen MR) is 94.5 cm³/mol. The first kappa shape index (κ1) is 19.2. The molecule has 0 aromatic carbocycles. The molecule has 0 atom stereocenters. The van der Waals surface area contributed by atoms with Crippen molar-refractivity contribution in [2.75, 3.05) is 46.9 Å². The van der Waals surface area contributed by atoms with Crippen molar-refractivity contribution in [3.8, 4) is 0 Å². The van der Waals surface area contributed by atoms with Gasteiger partial charge in [0.25, 0.3) is 0 Å². The normalized spacial score (nSPS) is 17.7. The first-order valence-electron chi connectivity index (χ1n) is 8.74. The van der Waals surface area contributed by atoms with Crippen molar-refractivity contribution < 1.29 is 4.74 Å². The van der Waals surface area contributed by atoms with Crippen molar-refractivity contribution in [2.45, 2.75) is 52.5 Å². The summed E-state index contributed by atoms with van der Waals surface area (Å²) in [5.74, 6) is 0.920. The first-order chi connectivity index (χ1) is 10.6. The zero-order chi connectivity index (χ0) is 16.4. The zero-order valence-corrected chi connectivity index (χ0v) is 15.2. The molecule has 130 valence electrons. The average molecular weight is 313 g/mol. The number of rotatable bonds is 10. The molecule has 5 heteroatoms. The molecule has 0 unspecified atom stereocenters. The summed E-state index contributed by atoms with van der Waals surface area (Å²) in [5, 5.41) is 6.94. The summed E-state index contributed by atoms with van der Waals surface area (Å²) in [6, 6.07) is 0.592. The highest BCUT2D eigenvalue weighted by Gasteiger charge is 2.36. The van der Waals surface area contributed by atoms with Gasteiger partial charge in [0, 0.05) is 46.4 Å². The number of hydrogen-bond donors (Lipinski definition) is 2. The van der Waals surface area contributed by atoms with Crippen LogP contribution in [-0.4, -0.2) is 63.8 Å². The lowest BCUT2D eigenvalue weighted by Crippen LogP contribution is -2.48. The molecule has 1 saturated carbocycles. The van der Waals surface area contributed by atoms with Crippen LogP contribution in [0, 0.1) is 5.41 Å². The molecule has 1 rings (SSSR count). The van der Waals surface area contributed by atoms with Crippen LogP contribution in [0.3, 0.4) is 0 Å². The lowest BCUT2D eigenvalue weighted by atomic mass is 9.67. The summed E-state index contributed by atoms with van der Waals surface area (Å²) < 4.78 is 5.25. The smallest absolute Gasteiger partial charge is 0.191 e. The molecule has 0 aromatic heterocycles. The van der Waals surface area contributed by atoms with Crippen LogP contribution < -0.4 is 10.6 Å². The van der Waals surface area contributed by atoms with E-state index in [4.69, 9.17) is 4.74 Å². The van der Waals surface area contributed by atoms with Crippen molar-refractivity contribution in [2.24, 2.45) is 10.4 Å². The van der Waals surface area contributed by atoms with Gasteiger partial charge in [-0.15, -0.1) is 0 Å². The highest BCUT2D eigenvalue weighted by molar-refractivity contribution is 5.79. The van der Waals surface area contributed by atoms with Gasteiger partial charge < -0.3 is 15.4 Å². The summed E-state index contributed by atoms with van der Waals surface area (Å²) in [6.07, 6.45) is 5.09. The summed E-state index contributed by atoms with van der Waals surface area (Å²) in [4.78, 5) is 6.79. The Labute approximate surface area is 136 Å². The second-order valence-electron chi connectivity index (χ2n) is 6.67. The van der Waals surface area contributed by atoms with Gasteiger partial charge in [0.2, 0.25) is 0 Å². The van der Waals surface area contributed by atoms with Crippen LogP contribution in [0.1, 0.15) is 46.5 Å². The van der Waals surface area contributed by atoms with E-state index in [1.807, 2.05) is 7.05 Å². The Kier molecular flexibility index (Phi) is 8.79. The van der Waals surface area contributed by atoms with E-state index < -0.39 is 0 Å². The molecule has 0 amide bonds. The van der Waals surface area contributed by atoms with Gasteiger partial charge in [-0.05, 0) is 45.1 Å². The monoisotopic (exact) mass is 312 g/mol. The second-order valence-corrected chi connectivity index (χ2v) is 6.67. The van der Waals surface area contributed by atoms with Gasteiger partial charge >= 0.3 is 0 Å². The van der Waals surface area contributed by atoms with E-state index in [9.17, 15) is 0 Å². The van der Waals surface area contributed by atoms with Crippen LogP contribution in [0.25, 0.3) is 0 Å². The number of aliphatic imine (C=N–C) groups is 1. The minimum atomic E-state index is 0.418. The Balaban J connectivity index is 2.30. The standard InChI is InChI=1S/C17H36N4O/c1-6-21(15(2)3)12-11-19-16(18-4)20-14-17(8-7-9-17)10-13-22-5/h15H,6-14H2,1-5H3,(H2,18,19,20). The molecule has 1 fully saturated rings. The molecule has 1 aliphatic carbocycles. The Bertz CT molecular complexity index is 327. The van der Waals surface area contributed by atoms with Crippen LogP contribution >= 0.6 is 0 Å². The third-order valence-electron chi connectivity index (χ3n) is 4.93. The van der Waals surface area contributed by atoms with Crippen LogP contribution in [0.5, 0.6) is 0 Å². The van der Waals surface area contributed by atoms with Crippen LogP contribution in [0.15, 0.2) is 4.99 Å². The molecule has 5 nitrogen and oxygen atoms in total. The maximum atomic E-state index is 5.25. The van der Waals surface area contributed by atoms with Crippen molar-refractivity contribution >= 4 is 5.96 Å². The molecule has 0 heterocycles. The van der Waals surface area contributed by atoms with E-state index in [1.165, 1.54) is 19.3 Å². The van der Waals surface area contributed by atoms with Crippen LogP contribution in [0.4, 0.5) is 0 Å². The fraction of sp³-hybridized carbons (Fsp3) is 0.941. The molecule has 22 heavy (non-hydrogen) atoms. The first-order valence-corrected chi connectivity index (χ1v) is 8.74. The number of ether oxygens (including phenoxy) is 1. The van der Waals surface area contributed by atoms with Crippen LogP contribution in [-0.2, 0) is 4.74 Å². The summed E-state index contributed by atoms with van der Waals surface area (Å²) in [7, 11) is 3.63. The van der Waals surface area contributed by atoms with Crippen molar-refractivity contribution in [3.63, 3.8) is 0 Å².